The minimum absolute atomic E-state index is 0.254. The predicted octanol–water partition coefficient (Wildman–Crippen LogP) is 3.81. The van der Waals surface area contributed by atoms with Crippen LogP contribution in [0.1, 0.15) is 16.7 Å². The standard InChI is InChI=1S/C18H18N2O/c1-13-6-5-7-14(10-13)11-19-12-16-15-8-3-4-9-17(15)20(2)18(16)21/h3-10,12,21H,11H2,1-2H3. The van der Waals surface area contributed by atoms with Crippen LogP contribution >= 0.6 is 0 Å². The lowest BCUT2D eigenvalue weighted by Crippen LogP contribution is -1.87. The quantitative estimate of drug-likeness (QED) is 0.727. The Balaban J connectivity index is 1.91. The number of aliphatic imine (C=N–C) groups is 1. The summed E-state index contributed by atoms with van der Waals surface area (Å²) in [5, 5.41) is 11.3. The smallest absolute Gasteiger partial charge is 0.200 e. The van der Waals surface area contributed by atoms with Crippen molar-refractivity contribution in [2.75, 3.05) is 0 Å². The van der Waals surface area contributed by atoms with Gasteiger partial charge in [0.2, 0.25) is 5.88 Å². The number of para-hydroxylation sites is 1. The van der Waals surface area contributed by atoms with Gasteiger partial charge >= 0.3 is 0 Å². The first-order valence-electron chi connectivity index (χ1n) is 6.98. The van der Waals surface area contributed by atoms with Gasteiger partial charge in [-0.05, 0) is 18.6 Å². The number of hydrogen-bond acceptors (Lipinski definition) is 2. The van der Waals surface area contributed by atoms with E-state index in [1.54, 1.807) is 10.8 Å². The summed E-state index contributed by atoms with van der Waals surface area (Å²) in [6, 6.07) is 16.2. The van der Waals surface area contributed by atoms with Gasteiger partial charge in [-0.2, -0.15) is 0 Å². The first-order chi connectivity index (χ1) is 10.2. The van der Waals surface area contributed by atoms with Crippen molar-refractivity contribution in [3.8, 4) is 5.88 Å². The summed E-state index contributed by atoms with van der Waals surface area (Å²) in [6.07, 6.45) is 1.76. The first kappa shape index (κ1) is 13.4. The molecule has 0 saturated heterocycles. The monoisotopic (exact) mass is 278 g/mol. The molecule has 3 nitrogen and oxygen atoms in total. The maximum absolute atomic E-state index is 10.2. The highest BCUT2D eigenvalue weighted by molar-refractivity contribution is 6.02. The van der Waals surface area contributed by atoms with Crippen LogP contribution < -0.4 is 0 Å². The lowest BCUT2D eigenvalue weighted by molar-refractivity contribution is 0.434. The zero-order chi connectivity index (χ0) is 14.8. The van der Waals surface area contributed by atoms with Crippen molar-refractivity contribution >= 4 is 17.1 Å². The van der Waals surface area contributed by atoms with Crippen LogP contribution in [-0.4, -0.2) is 15.9 Å². The van der Waals surface area contributed by atoms with E-state index in [9.17, 15) is 5.11 Å². The van der Waals surface area contributed by atoms with Gasteiger partial charge in [-0.25, -0.2) is 0 Å². The summed E-state index contributed by atoms with van der Waals surface area (Å²) in [5.41, 5.74) is 4.19. The van der Waals surface area contributed by atoms with Crippen LogP contribution in [0.3, 0.4) is 0 Å². The summed E-state index contributed by atoms with van der Waals surface area (Å²) in [6.45, 7) is 2.69. The molecular formula is C18H18N2O. The zero-order valence-electron chi connectivity index (χ0n) is 12.2. The fraction of sp³-hybridized carbons (Fsp3) is 0.167. The lowest BCUT2D eigenvalue weighted by atomic mass is 10.1. The van der Waals surface area contributed by atoms with E-state index >= 15 is 0 Å². The number of aromatic hydroxyl groups is 1. The van der Waals surface area contributed by atoms with Gasteiger partial charge in [0.1, 0.15) is 0 Å². The van der Waals surface area contributed by atoms with Gasteiger partial charge in [-0.3, -0.25) is 4.99 Å². The molecule has 0 unspecified atom stereocenters. The van der Waals surface area contributed by atoms with Crippen molar-refractivity contribution in [1.82, 2.24) is 4.57 Å². The molecule has 0 atom stereocenters. The maximum Gasteiger partial charge on any atom is 0.200 e. The molecule has 0 fully saturated rings. The van der Waals surface area contributed by atoms with Crippen LogP contribution in [0.4, 0.5) is 0 Å². The Labute approximate surface area is 124 Å². The van der Waals surface area contributed by atoms with Gasteiger partial charge in [-0.15, -0.1) is 0 Å². The average Bonchev–Trinajstić information content (AvgIpc) is 2.73. The molecule has 21 heavy (non-hydrogen) atoms. The number of hydrogen-bond donors (Lipinski definition) is 1. The predicted molar refractivity (Wildman–Crippen MR) is 87.1 cm³/mol. The van der Waals surface area contributed by atoms with E-state index in [4.69, 9.17) is 0 Å². The highest BCUT2D eigenvalue weighted by atomic mass is 16.3. The summed E-state index contributed by atoms with van der Waals surface area (Å²) in [5.74, 6) is 0.254. The highest BCUT2D eigenvalue weighted by Gasteiger charge is 2.11. The fourth-order valence-corrected chi connectivity index (χ4v) is 2.59. The molecule has 0 amide bonds. The number of aryl methyl sites for hydroxylation is 2. The zero-order valence-corrected chi connectivity index (χ0v) is 12.2. The molecule has 3 aromatic rings. The Morgan fingerprint density at radius 3 is 2.76 bits per heavy atom. The molecule has 0 saturated carbocycles. The van der Waals surface area contributed by atoms with Gasteiger partial charge in [0, 0.05) is 18.6 Å². The van der Waals surface area contributed by atoms with Crippen molar-refractivity contribution in [2.24, 2.45) is 12.0 Å². The molecule has 1 heterocycles. The second-order valence-electron chi connectivity index (χ2n) is 5.27. The molecule has 0 aliphatic heterocycles. The largest absolute Gasteiger partial charge is 0.494 e. The third kappa shape index (κ3) is 2.55. The van der Waals surface area contributed by atoms with Crippen molar-refractivity contribution in [2.45, 2.75) is 13.5 Å². The molecule has 0 aliphatic rings. The second kappa shape index (κ2) is 5.44. The minimum Gasteiger partial charge on any atom is -0.494 e. The van der Waals surface area contributed by atoms with E-state index in [1.165, 1.54) is 11.1 Å². The number of rotatable bonds is 3. The van der Waals surface area contributed by atoms with Crippen molar-refractivity contribution < 1.29 is 5.11 Å². The number of aromatic nitrogens is 1. The first-order valence-corrected chi connectivity index (χ1v) is 6.98. The van der Waals surface area contributed by atoms with Gasteiger partial charge in [0.15, 0.2) is 0 Å². The second-order valence-corrected chi connectivity index (χ2v) is 5.27. The molecule has 1 N–H and O–H groups in total. The third-order valence-corrected chi connectivity index (χ3v) is 3.69. The van der Waals surface area contributed by atoms with E-state index in [0.29, 0.717) is 6.54 Å². The van der Waals surface area contributed by atoms with Crippen LogP contribution in [0.15, 0.2) is 53.5 Å². The Hall–Kier alpha value is -2.55. The van der Waals surface area contributed by atoms with E-state index in [2.05, 4.69) is 30.1 Å². The molecule has 0 radical (unpaired) electrons. The summed E-state index contributed by atoms with van der Waals surface area (Å²) in [4.78, 5) is 4.48. The van der Waals surface area contributed by atoms with Gasteiger partial charge in [0.25, 0.3) is 0 Å². The average molecular weight is 278 g/mol. The minimum atomic E-state index is 0.254. The number of nitrogens with zero attached hydrogens (tertiary/aromatic N) is 2. The maximum atomic E-state index is 10.2. The molecule has 2 aromatic carbocycles. The SMILES string of the molecule is Cc1cccc(CN=Cc2c(O)n(C)c3ccccc23)c1. The third-order valence-electron chi connectivity index (χ3n) is 3.69. The molecule has 1 aromatic heterocycles. The van der Waals surface area contributed by atoms with Crippen LogP contribution in [-0.2, 0) is 13.6 Å². The van der Waals surface area contributed by atoms with E-state index < -0.39 is 0 Å². The van der Waals surface area contributed by atoms with E-state index in [0.717, 1.165) is 16.5 Å². The summed E-state index contributed by atoms with van der Waals surface area (Å²) < 4.78 is 1.78. The van der Waals surface area contributed by atoms with Gasteiger partial charge in [-0.1, -0.05) is 48.0 Å². The Bertz CT molecular complexity index is 815. The molecular weight excluding hydrogens is 260 g/mol. The Morgan fingerprint density at radius 2 is 1.95 bits per heavy atom. The number of benzene rings is 2. The van der Waals surface area contributed by atoms with Crippen molar-refractivity contribution in [3.63, 3.8) is 0 Å². The van der Waals surface area contributed by atoms with Crippen molar-refractivity contribution in [3.05, 3.63) is 65.2 Å². The molecule has 106 valence electrons. The summed E-state index contributed by atoms with van der Waals surface area (Å²) >= 11 is 0. The van der Waals surface area contributed by atoms with Crippen LogP contribution in [0.5, 0.6) is 5.88 Å². The topological polar surface area (TPSA) is 37.5 Å². The van der Waals surface area contributed by atoms with Crippen LogP contribution in [0.25, 0.3) is 10.9 Å². The molecule has 3 rings (SSSR count). The van der Waals surface area contributed by atoms with Gasteiger partial charge < -0.3 is 9.67 Å². The normalized spacial score (nSPS) is 11.5. The van der Waals surface area contributed by atoms with Crippen LogP contribution in [0.2, 0.25) is 0 Å². The highest BCUT2D eigenvalue weighted by Crippen LogP contribution is 2.28. The Morgan fingerprint density at radius 1 is 1.14 bits per heavy atom. The molecule has 0 bridgehead atoms. The lowest BCUT2D eigenvalue weighted by Gasteiger charge is -1.98. The molecule has 3 heteroatoms. The van der Waals surface area contributed by atoms with E-state index in [-0.39, 0.29) is 5.88 Å². The number of fused-ring (bicyclic) bond motifs is 1. The van der Waals surface area contributed by atoms with E-state index in [1.807, 2.05) is 37.4 Å². The Kier molecular flexibility index (Phi) is 3.48. The molecule has 0 spiro atoms. The van der Waals surface area contributed by atoms with Crippen molar-refractivity contribution in [1.29, 1.82) is 0 Å². The van der Waals surface area contributed by atoms with Gasteiger partial charge in [0.05, 0.1) is 17.6 Å². The van der Waals surface area contributed by atoms with Crippen LogP contribution in [0, 0.1) is 6.92 Å². The fourth-order valence-electron chi connectivity index (χ4n) is 2.59. The summed E-state index contributed by atoms with van der Waals surface area (Å²) in [7, 11) is 1.86. The molecule has 0 aliphatic carbocycles.